The lowest BCUT2D eigenvalue weighted by atomic mass is 10.2. The molecule has 2 aromatic carbocycles. The molecule has 0 bridgehead atoms. The van der Waals surface area contributed by atoms with Gasteiger partial charge in [0.15, 0.2) is 11.5 Å². The largest absolute Gasteiger partial charge is 0.493 e. The molecule has 0 fully saturated rings. The summed E-state index contributed by atoms with van der Waals surface area (Å²) >= 11 is 0. The zero-order valence-corrected chi connectivity index (χ0v) is 15.8. The van der Waals surface area contributed by atoms with Crippen molar-refractivity contribution >= 4 is 20.9 Å². The van der Waals surface area contributed by atoms with Crippen LogP contribution in [0.5, 0.6) is 11.5 Å². The van der Waals surface area contributed by atoms with Crippen LogP contribution in [-0.4, -0.2) is 27.1 Å². The maximum absolute atomic E-state index is 12.6. The Hall–Kier alpha value is -2.84. The number of methoxy groups -OCH3 is 1. The minimum Gasteiger partial charge on any atom is -0.493 e. The van der Waals surface area contributed by atoms with E-state index in [9.17, 15) is 13.2 Å². The van der Waals surface area contributed by atoms with E-state index in [-0.39, 0.29) is 17.0 Å². The fourth-order valence-electron chi connectivity index (χ4n) is 2.66. The molecule has 0 atom stereocenters. The maximum Gasteiger partial charge on any atom is 0.248 e. The first-order chi connectivity index (χ1) is 12.9. The second-order valence-electron chi connectivity index (χ2n) is 5.81. The number of ether oxygens (including phenoxy) is 2. The van der Waals surface area contributed by atoms with Crippen LogP contribution < -0.4 is 19.8 Å². The molecule has 3 rings (SSSR count). The molecule has 0 radical (unpaired) electrons. The number of pyridine rings is 1. The van der Waals surface area contributed by atoms with E-state index in [0.29, 0.717) is 29.0 Å². The summed E-state index contributed by atoms with van der Waals surface area (Å²) in [6.07, 6.45) is 0. The van der Waals surface area contributed by atoms with E-state index in [4.69, 9.17) is 9.47 Å². The van der Waals surface area contributed by atoms with Gasteiger partial charge in [0.2, 0.25) is 15.6 Å². The molecule has 7 nitrogen and oxygen atoms in total. The maximum atomic E-state index is 12.6. The molecule has 0 aliphatic heterocycles. The molecule has 8 heteroatoms. The minimum atomic E-state index is -3.71. The molecule has 142 valence electrons. The van der Waals surface area contributed by atoms with E-state index in [1.807, 2.05) is 6.92 Å². The third kappa shape index (κ3) is 4.29. The average molecular weight is 388 g/mol. The number of aromatic amines is 1. The van der Waals surface area contributed by atoms with Gasteiger partial charge in [-0.2, -0.15) is 0 Å². The highest BCUT2D eigenvalue weighted by Gasteiger charge is 2.15. The quantitative estimate of drug-likeness (QED) is 0.648. The van der Waals surface area contributed by atoms with Crippen molar-refractivity contribution in [2.75, 3.05) is 13.7 Å². The standard InChI is InChI=1S/C19H20N2O5S/c1-3-26-17-8-4-13(10-18(17)25-2)12-20-27(23,24)15-6-7-16-14(11-15)5-9-19(22)21-16/h4-11,20H,3,12H2,1-2H3,(H,21,22). The summed E-state index contributed by atoms with van der Waals surface area (Å²) in [5, 5.41) is 0.639. The van der Waals surface area contributed by atoms with Crippen molar-refractivity contribution < 1.29 is 17.9 Å². The van der Waals surface area contributed by atoms with Gasteiger partial charge in [0, 0.05) is 18.1 Å². The summed E-state index contributed by atoms with van der Waals surface area (Å²) in [5.74, 6) is 1.15. The summed E-state index contributed by atoms with van der Waals surface area (Å²) in [5.41, 5.74) is 1.09. The molecule has 0 spiro atoms. The van der Waals surface area contributed by atoms with Crippen LogP contribution in [0.25, 0.3) is 10.9 Å². The molecule has 2 N–H and O–H groups in total. The van der Waals surface area contributed by atoms with Gasteiger partial charge >= 0.3 is 0 Å². The molecule has 0 aliphatic rings. The van der Waals surface area contributed by atoms with Gasteiger partial charge in [0.1, 0.15) is 0 Å². The van der Waals surface area contributed by atoms with Crippen molar-refractivity contribution in [1.29, 1.82) is 0 Å². The first-order valence-corrected chi connectivity index (χ1v) is 9.84. The summed E-state index contributed by atoms with van der Waals surface area (Å²) in [6.45, 7) is 2.49. The molecular formula is C19H20N2O5S. The number of aromatic nitrogens is 1. The van der Waals surface area contributed by atoms with E-state index >= 15 is 0 Å². The third-order valence-corrected chi connectivity index (χ3v) is 5.40. The smallest absolute Gasteiger partial charge is 0.248 e. The number of nitrogens with one attached hydrogen (secondary N) is 2. The monoisotopic (exact) mass is 388 g/mol. The summed E-state index contributed by atoms with van der Waals surface area (Å²) in [7, 11) is -2.18. The first-order valence-electron chi connectivity index (χ1n) is 8.35. The van der Waals surface area contributed by atoms with Gasteiger partial charge in [0.25, 0.3) is 0 Å². The van der Waals surface area contributed by atoms with Crippen LogP contribution in [0, 0.1) is 0 Å². The fourth-order valence-corrected chi connectivity index (χ4v) is 3.71. The lowest BCUT2D eigenvalue weighted by Crippen LogP contribution is -2.23. The molecule has 0 aliphatic carbocycles. The Morgan fingerprint density at radius 1 is 1.04 bits per heavy atom. The minimum absolute atomic E-state index is 0.106. The summed E-state index contributed by atoms with van der Waals surface area (Å²) in [4.78, 5) is 14.1. The molecule has 0 amide bonds. The Bertz CT molecular complexity index is 1120. The van der Waals surface area contributed by atoms with Crippen LogP contribution >= 0.6 is 0 Å². The van der Waals surface area contributed by atoms with E-state index in [0.717, 1.165) is 5.56 Å². The second kappa shape index (κ2) is 7.81. The lowest BCUT2D eigenvalue weighted by molar-refractivity contribution is 0.310. The zero-order chi connectivity index (χ0) is 19.4. The highest BCUT2D eigenvalue weighted by molar-refractivity contribution is 7.89. The van der Waals surface area contributed by atoms with E-state index in [1.54, 1.807) is 30.3 Å². The van der Waals surface area contributed by atoms with Gasteiger partial charge < -0.3 is 14.5 Å². The van der Waals surface area contributed by atoms with Crippen molar-refractivity contribution in [3.8, 4) is 11.5 Å². The number of hydrogen-bond acceptors (Lipinski definition) is 5. The molecule has 0 saturated carbocycles. The van der Waals surface area contributed by atoms with Crippen molar-refractivity contribution in [3.63, 3.8) is 0 Å². The molecular weight excluding hydrogens is 368 g/mol. The van der Waals surface area contributed by atoms with Crippen LogP contribution in [0.15, 0.2) is 58.2 Å². The number of benzene rings is 2. The van der Waals surface area contributed by atoms with Gasteiger partial charge in [-0.15, -0.1) is 0 Å². The molecule has 1 heterocycles. The normalized spacial score (nSPS) is 11.5. The Balaban J connectivity index is 1.80. The zero-order valence-electron chi connectivity index (χ0n) is 15.0. The number of sulfonamides is 1. The highest BCUT2D eigenvalue weighted by atomic mass is 32.2. The molecule has 0 unspecified atom stereocenters. The van der Waals surface area contributed by atoms with Crippen LogP contribution in [0.1, 0.15) is 12.5 Å². The van der Waals surface area contributed by atoms with E-state index in [2.05, 4.69) is 9.71 Å². The van der Waals surface area contributed by atoms with Crippen molar-refractivity contribution in [2.24, 2.45) is 0 Å². The molecule has 3 aromatic rings. The second-order valence-corrected chi connectivity index (χ2v) is 7.58. The van der Waals surface area contributed by atoms with Crippen LogP contribution in [0.2, 0.25) is 0 Å². The summed E-state index contributed by atoms with van der Waals surface area (Å²) < 4.78 is 38.5. The molecule has 27 heavy (non-hydrogen) atoms. The Morgan fingerprint density at radius 2 is 1.85 bits per heavy atom. The third-order valence-electron chi connectivity index (χ3n) is 4.00. The van der Waals surface area contributed by atoms with Gasteiger partial charge in [-0.3, -0.25) is 4.79 Å². The van der Waals surface area contributed by atoms with Crippen molar-refractivity contribution in [1.82, 2.24) is 9.71 Å². The van der Waals surface area contributed by atoms with Gasteiger partial charge in [-0.05, 0) is 54.3 Å². The SMILES string of the molecule is CCOc1ccc(CNS(=O)(=O)c2ccc3[nH]c(=O)ccc3c2)cc1OC. The van der Waals surface area contributed by atoms with E-state index in [1.165, 1.54) is 25.3 Å². The predicted octanol–water partition coefficient (Wildman–Crippen LogP) is 2.41. The van der Waals surface area contributed by atoms with Gasteiger partial charge in [-0.1, -0.05) is 6.07 Å². The highest BCUT2D eigenvalue weighted by Crippen LogP contribution is 2.28. The van der Waals surface area contributed by atoms with Gasteiger partial charge in [-0.25, -0.2) is 13.1 Å². The van der Waals surface area contributed by atoms with Crippen molar-refractivity contribution in [3.05, 3.63) is 64.4 Å². The Morgan fingerprint density at radius 3 is 2.59 bits per heavy atom. The Kier molecular flexibility index (Phi) is 5.48. The van der Waals surface area contributed by atoms with E-state index < -0.39 is 10.0 Å². The van der Waals surface area contributed by atoms with Crippen LogP contribution in [0.3, 0.4) is 0 Å². The lowest BCUT2D eigenvalue weighted by Gasteiger charge is -2.12. The Labute approximate surface area is 157 Å². The molecule has 0 saturated heterocycles. The van der Waals surface area contributed by atoms with Crippen LogP contribution in [-0.2, 0) is 16.6 Å². The summed E-state index contributed by atoms with van der Waals surface area (Å²) in [6, 6.07) is 12.8. The number of H-pyrrole nitrogens is 1. The van der Waals surface area contributed by atoms with Gasteiger partial charge in [0.05, 0.1) is 18.6 Å². The predicted molar refractivity (Wildman–Crippen MR) is 103 cm³/mol. The number of rotatable bonds is 7. The first kappa shape index (κ1) is 18.9. The topological polar surface area (TPSA) is 97.5 Å². The fraction of sp³-hybridized carbons (Fsp3) is 0.211. The average Bonchev–Trinajstić information content (AvgIpc) is 2.67. The molecule has 1 aromatic heterocycles. The van der Waals surface area contributed by atoms with Crippen LogP contribution in [0.4, 0.5) is 0 Å². The number of fused-ring (bicyclic) bond motifs is 1. The number of hydrogen-bond donors (Lipinski definition) is 2. The van der Waals surface area contributed by atoms with Crippen molar-refractivity contribution in [2.45, 2.75) is 18.4 Å².